The lowest BCUT2D eigenvalue weighted by molar-refractivity contribution is 0.702. The van der Waals surface area contributed by atoms with Gasteiger partial charge in [-0.2, -0.15) is 0 Å². The first-order chi connectivity index (χ1) is 7.18. The molecule has 2 heterocycles. The first-order valence-electron chi connectivity index (χ1n) is 4.28. The van der Waals surface area contributed by atoms with E-state index in [1.54, 1.807) is 16.3 Å². The Balaban J connectivity index is 2.44. The van der Waals surface area contributed by atoms with Crippen molar-refractivity contribution in [1.29, 1.82) is 0 Å². The number of halogens is 1. The number of aryl methyl sites for hydroxylation is 1. The van der Waals surface area contributed by atoms with Crippen LogP contribution in [0.1, 0.15) is 10.7 Å². The first kappa shape index (κ1) is 10.5. The van der Waals surface area contributed by atoms with Gasteiger partial charge in [-0.25, -0.2) is 4.98 Å². The zero-order chi connectivity index (χ0) is 10.8. The molecule has 78 valence electrons. The third-order valence-corrected chi connectivity index (χ3v) is 3.31. The van der Waals surface area contributed by atoms with Crippen LogP contribution in [0.3, 0.4) is 0 Å². The van der Waals surface area contributed by atoms with Crippen LogP contribution in [0.25, 0.3) is 0 Å². The van der Waals surface area contributed by atoms with Crippen LogP contribution in [0.5, 0.6) is 0 Å². The predicted molar refractivity (Wildman–Crippen MR) is 62.2 cm³/mol. The van der Waals surface area contributed by atoms with Gasteiger partial charge in [-0.1, -0.05) is 0 Å². The molecule has 0 amide bonds. The van der Waals surface area contributed by atoms with Gasteiger partial charge in [0.2, 0.25) is 0 Å². The van der Waals surface area contributed by atoms with Crippen LogP contribution in [-0.4, -0.2) is 14.5 Å². The molecular formula is C9H8BrN3OS. The summed E-state index contributed by atoms with van der Waals surface area (Å²) in [7, 11) is 0. The van der Waals surface area contributed by atoms with Crippen LogP contribution in [0, 0.1) is 6.92 Å². The van der Waals surface area contributed by atoms with Gasteiger partial charge in [-0.05, 0) is 22.9 Å². The predicted octanol–water partition coefficient (Wildman–Crippen LogP) is 1.82. The molecule has 2 rings (SSSR count). The molecule has 0 bridgehead atoms. The fourth-order valence-corrected chi connectivity index (χ4v) is 2.11. The summed E-state index contributed by atoms with van der Waals surface area (Å²) < 4.78 is 2.11. The van der Waals surface area contributed by atoms with Crippen molar-refractivity contribution >= 4 is 27.3 Å². The molecule has 0 aromatic carbocycles. The average Bonchev–Trinajstić information content (AvgIpc) is 2.71. The highest BCUT2D eigenvalue weighted by Gasteiger charge is 2.06. The highest BCUT2D eigenvalue weighted by atomic mass is 79.9. The molecule has 4 nitrogen and oxygen atoms in total. The standard InChI is InChI=1S/C9H8BrN3OS/c1-6-12-3-8(10)9(14)13(6)4-7-2-11-5-15-7/h2-3,5H,4H2,1H3. The van der Waals surface area contributed by atoms with Gasteiger partial charge in [0.05, 0.1) is 12.1 Å². The molecule has 0 fully saturated rings. The van der Waals surface area contributed by atoms with Gasteiger partial charge in [0, 0.05) is 17.3 Å². The maximum atomic E-state index is 11.8. The third kappa shape index (κ3) is 2.15. The molecule has 0 aliphatic carbocycles. The lowest BCUT2D eigenvalue weighted by atomic mass is 10.4. The van der Waals surface area contributed by atoms with Gasteiger partial charge in [-0.15, -0.1) is 11.3 Å². The van der Waals surface area contributed by atoms with E-state index in [9.17, 15) is 4.79 Å². The molecule has 0 unspecified atom stereocenters. The number of nitrogens with zero attached hydrogens (tertiary/aromatic N) is 3. The molecule has 2 aromatic rings. The van der Waals surface area contributed by atoms with E-state index in [2.05, 4.69) is 25.9 Å². The van der Waals surface area contributed by atoms with Crippen LogP contribution >= 0.6 is 27.3 Å². The minimum atomic E-state index is -0.0594. The molecule has 15 heavy (non-hydrogen) atoms. The minimum Gasteiger partial charge on any atom is -0.291 e. The zero-order valence-electron chi connectivity index (χ0n) is 7.98. The van der Waals surface area contributed by atoms with Crippen molar-refractivity contribution in [3.63, 3.8) is 0 Å². The Labute approximate surface area is 98.8 Å². The summed E-state index contributed by atoms with van der Waals surface area (Å²) in [5.74, 6) is 0.705. The Morgan fingerprint density at radius 2 is 2.33 bits per heavy atom. The fourth-order valence-electron chi connectivity index (χ4n) is 1.21. The Bertz CT molecular complexity index is 521. The van der Waals surface area contributed by atoms with Crippen LogP contribution in [0.2, 0.25) is 0 Å². The van der Waals surface area contributed by atoms with Gasteiger partial charge < -0.3 is 0 Å². The normalized spacial score (nSPS) is 10.5. The highest BCUT2D eigenvalue weighted by molar-refractivity contribution is 9.10. The molecule has 0 N–H and O–H groups in total. The SMILES string of the molecule is Cc1ncc(Br)c(=O)n1Cc1cncs1. The molecule has 0 saturated carbocycles. The van der Waals surface area contributed by atoms with Crippen molar-refractivity contribution in [3.05, 3.63) is 43.4 Å². The topological polar surface area (TPSA) is 47.8 Å². The van der Waals surface area contributed by atoms with E-state index in [1.165, 1.54) is 17.5 Å². The number of thiazole rings is 1. The summed E-state index contributed by atoms with van der Waals surface area (Å²) in [6.07, 6.45) is 3.29. The van der Waals surface area contributed by atoms with E-state index >= 15 is 0 Å². The summed E-state index contributed by atoms with van der Waals surface area (Å²) in [6, 6.07) is 0. The quantitative estimate of drug-likeness (QED) is 0.846. The van der Waals surface area contributed by atoms with Gasteiger partial charge >= 0.3 is 0 Å². The summed E-state index contributed by atoms with van der Waals surface area (Å²) >= 11 is 4.70. The molecule has 0 saturated heterocycles. The first-order valence-corrected chi connectivity index (χ1v) is 5.95. The second-order valence-corrected chi connectivity index (χ2v) is 4.84. The van der Waals surface area contributed by atoms with Crippen LogP contribution in [0.15, 0.2) is 27.2 Å². The molecule has 2 aromatic heterocycles. The lowest BCUT2D eigenvalue weighted by Gasteiger charge is -2.07. The Morgan fingerprint density at radius 1 is 1.53 bits per heavy atom. The number of aromatic nitrogens is 3. The zero-order valence-corrected chi connectivity index (χ0v) is 10.4. The van der Waals surface area contributed by atoms with Gasteiger partial charge in [-0.3, -0.25) is 14.3 Å². The van der Waals surface area contributed by atoms with E-state index in [0.717, 1.165) is 4.88 Å². The van der Waals surface area contributed by atoms with Crippen molar-refractivity contribution in [1.82, 2.24) is 14.5 Å². The summed E-state index contributed by atoms with van der Waals surface area (Å²) in [4.78, 5) is 20.9. The van der Waals surface area contributed by atoms with Crippen LogP contribution in [-0.2, 0) is 6.54 Å². The third-order valence-electron chi connectivity index (χ3n) is 2.00. The number of hydrogen-bond donors (Lipinski definition) is 0. The molecule has 0 aliphatic heterocycles. The maximum absolute atomic E-state index is 11.8. The largest absolute Gasteiger partial charge is 0.291 e. The van der Waals surface area contributed by atoms with E-state index in [1.807, 2.05) is 6.92 Å². The summed E-state index contributed by atoms with van der Waals surface area (Å²) in [5, 5.41) is 0. The van der Waals surface area contributed by atoms with Crippen LogP contribution < -0.4 is 5.56 Å². The van der Waals surface area contributed by atoms with Gasteiger partial charge in [0.1, 0.15) is 10.3 Å². The second kappa shape index (κ2) is 4.24. The maximum Gasteiger partial charge on any atom is 0.268 e. The Morgan fingerprint density at radius 3 is 3.00 bits per heavy atom. The molecule has 0 spiro atoms. The summed E-state index contributed by atoms with van der Waals surface area (Å²) in [5.41, 5.74) is 1.69. The van der Waals surface area contributed by atoms with Gasteiger partial charge in [0.15, 0.2) is 0 Å². The van der Waals surface area contributed by atoms with Crippen LogP contribution in [0.4, 0.5) is 0 Å². The van der Waals surface area contributed by atoms with Crippen molar-refractivity contribution < 1.29 is 0 Å². The smallest absolute Gasteiger partial charge is 0.268 e. The van der Waals surface area contributed by atoms with E-state index in [4.69, 9.17) is 0 Å². The fraction of sp³-hybridized carbons (Fsp3) is 0.222. The number of hydrogen-bond acceptors (Lipinski definition) is 4. The minimum absolute atomic E-state index is 0.0594. The molecule has 0 atom stereocenters. The van der Waals surface area contributed by atoms with Gasteiger partial charge in [0.25, 0.3) is 5.56 Å². The van der Waals surface area contributed by atoms with E-state index < -0.39 is 0 Å². The lowest BCUT2D eigenvalue weighted by Crippen LogP contribution is -2.24. The number of rotatable bonds is 2. The molecule has 0 aliphatic rings. The average molecular weight is 286 g/mol. The van der Waals surface area contributed by atoms with E-state index in [-0.39, 0.29) is 5.56 Å². The van der Waals surface area contributed by atoms with Crippen molar-refractivity contribution in [3.8, 4) is 0 Å². The Kier molecular flexibility index (Phi) is 2.97. The monoisotopic (exact) mass is 285 g/mol. The second-order valence-electron chi connectivity index (χ2n) is 3.01. The highest BCUT2D eigenvalue weighted by Crippen LogP contribution is 2.09. The van der Waals surface area contributed by atoms with Crippen molar-refractivity contribution in [2.45, 2.75) is 13.5 Å². The Hall–Kier alpha value is -1.01. The molecule has 6 heteroatoms. The van der Waals surface area contributed by atoms with E-state index in [0.29, 0.717) is 16.8 Å². The van der Waals surface area contributed by atoms with Crippen molar-refractivity contribution in [2.24, 2.45) is 0 Å². The van der Waals surface area contributed by atoms with Crippen molar-refractivity contribution in [2.75, 3.05) is 0 Å². The summed E-state index contributed by atoms with van der Waals surface area (Å²) in [6.45, 7) is 2.34. The molecular weight excluding hydrogens is 278 g/mol. The molecule has 0 radical (unpaired) electrons.